The second-order valence-corrected chi connectivity index (χ2v) is 3.93. The number of benzene rings is 1. The van der Waals surface area contributed by atoms with E-state index in [0.29, 0.717) is 6.54 Å². The zero-order valence-corrected chi connectivity index (χ0v) is 8.97. The monoisotopic (exact) mass is 204 g/mol. The molecule has 0 aromatic heterocycles. The van der Waals surface area contributed by atoms with Gasteiger partial charge in [0.1, 0.15) is 0 Å². The number of fused-ring (bicyclic) bond motifs is 1. The topological polar surface area (TPSA) is 41.1 Å². The van der Waals surface area contributed by atoms with E-state index in [1.807, 2.05) is 0 Å². The van der Waals surface area contributed by atoms with Gasteiger partial charge in [0.25, 0.3) is 0 Å². The Morgan fingerprint density at radius 1 is 1.53 bits per heavy atom. The second-order valence-electron chi connectivity index (χ2n) is 3.93. The first kappa shape index (κ1) is 10.0. The summed E-state index contributed by atoms with van der Waals surface area (Å²) in [6.45, 7) is 3.21. The van der Waals surface area contributed by atoms with Gasteiger partial charge in [0, 0.05) is 25.7 Å². The maximum atomic E-state index is 10.8. The van der Waals surface area contributed by atoms with Gasteiger partial charge in [-0.25, -0.2) is 0 Å². The van der Waals surface area contributed by atoms with Crippen LogP contribution < -0.4 is 10.6 Å². The van der Waals surface area contributed by atoms with Crippen LogP contribution in [-0.2, 0) is 17.8 Å². The molecular weight excluding hydrogens is 188 g/mol. The molecule has 15 heavy (non-hydrogen) atoms. The van der Waals surface area contributed by atoms with Gasteiger partial charge >= 0.3 is 0 Å². The van der Waals surface area contributed by atoms with Crippen molar-refractivity contribution in [1.29, 1.82) is 0 Å². The fourth-order valence-electron chi connectivity index (χ4n) is 1.84. The minimum absolute atomic E-state index is 0.0145. The molecule has 1 aliphatic heterocycles. The van der Waals surface area contributed by atoms with E-state index in [0.717, 1.165) is 18.5 Å². The van der Waals surface area contributed by atoms with Crippen LogP contribution in [0.5, 0.6) is 0 Å². The molecule has 0 saturated heterocycles. The van der Waals surface area contributed by atoms with Crippen LogP contribution in [0.2, 0.25) is 0 Å². The van der Waals surface area contributed by atoms with Gasteiger partial charge in [-0.2, -0.15) is 0 Å². The van der Waals surface area contributed by atoms with Gasteiger partial charge < -0.3 is 10.6 Å². The maximum Gasteiger partial charge on any atom is 0.217 e. The van der Waals surface area contributed by atoms with Crippen LogP contribution in [0.15, 0.2) is 18.2 Å². The quantitative estimate of drug-likeness (QED) is 0.769. The van der Waals surface area contributed by atoms with E-state index in [9.17, 15) is 4.79 Å². The Hall–Kier alpha value is -1.51. The van der Waals surface area contributed by atoms with E-state index in [2.05, 4.69) is 28.8 Å². The fraction of sp³-hybridized carbons (Fsp3) is 0.417. The smallest absolute Gasteiger partial charge is 0.217 e. The van der Waals surface area contributed by atoms with E-state index < -0.39 is 0 Å². The second kappa shape index (κ2) is 4.34. The lowest BCUT2D eigenvalue weighted by Gasteiger charge is -2.18. The van der Waals surface area contributed by atoms with Gasteiger partial charge in [0.2, 0.25) is 5.91 Å². The van der Waals surface area contributed by atoms with Gasteiger partial charge in [-0.1, -0.05) is 12.1 Å². The number of rotatable bonds is 2. The molecule has 3 nitrogen and oxygen atoms in total. The molecule has 0 bridgehead atoms. The molecule has 0 spiro atoms. The number of hydrogen-bond donors (Lipinski definition) is 2. The van der Waals surface area contributed by atoms with Gasteiger partial charge in [0.15, 0.2) is 0 Å². The molecule has 2 rings (SSSR count). The van der Waals surface area contributed by atoms with Crippen molar-refractivity contribution in [3.8, 4) is 0 Å². The molecule has 0 unspecified atom stereocenters. The molecule has 1 aromatic carbocycles. The highest BCUT2D eigenvalue weighted by atomic mass is 16.1. The third kappa shape index (κ3) is 2.49. The van der Waals surface area contributed by atoms with Gasteiger partial charge in [0.05, 0.1) is 0 Å². The van der Waals surface area contributed by atoms with E-state index in [-0.39, 0.29) is 5.91 Å². The highest BCUT2D eigenvalue weighted by molar-refractivity contribution is 5.72. The molecule has 80 valence electrons. The molecule has 1 amide bonds. The number of aryl methyl sites for hydroxylation is 1. The van der Waals surface area contributed by atoms with E-state index in [1.165, 1.54) is 24.6 Å². The van der Waals surface area contributed by atoms with Crippen molar-refractivity contribution in [3.05, 3.63) is 29.3 Å². The number of anilines is 1. The third-order valence-electron chi connectivity index (χ3n) is 2.65. The molecule has 1 heterocycles. The van der Waals surface area contributed by atoms with Crippen molar-refractivity contribution >= 4 is 11.6 Å². The first-order valence-corrected chi connectivity index (χ1v) is 5.36. The van der Waals surface area contributed by atoms with E-state index in [1.54, 1.807) is 0 Å². The summed E-state index contributed by atoms with van der Waals surface area (Å²) >= 11 is 0. The highest BCUT2D eigenvalue weighted by Gasteiger charge is 2.08. The molecule has 3 heteroatoms. The first-order chi connectivity index (χ1) is 7.25. The van der Waals surface area contributed by atoms with Crippen molar-refractivity contribution in [2.45, 2.75) is 26.3 Å². The van der Waals surface area contributed by atoms with Crippen LogP contribution >= 0.6 is 0 Å². The molecule has 1 aliphatic rings. The summed E-state index contributed by atoms with van der Waals surface area (Å²) in [5.41, 5.74) is 3.76. The maximum absolute atomic E-state index is 10.8. The van der Waals surface area contributed by atoms with Crippen LogP contribution in [0.1, 0.15) is 24.5 Å². The summed E-state index contributed by atoms with van der Waals surface area (Å²) in [5.74, 6) is 0.0145. The fourth-order valence-corrected chi connectivity index (χ4v) is 1.84. The van der Waals surface area contributed by atoms with Gasteiger partial charge in [-0.15, -0.1) is 0 Å². The summed E-state index contributed by atoms with van der Waals surface area (Å²) in [5, 5.41) is 6.18. The summed E-state index contributed by atoms with van der Waals surface area (Å²) in [6, 6.07) is 6.37. The lowest BCUT2D eigenvalue weighted by Crippen LogP contribution is -2.19. The third-order valence-corrected chi connectivity index (χ3v) is 2.65. The minimum atomic E-state index is 0.0145. The van der Waals surface area contributed by atoms with Crippen molar-refractivity contribution in [2.75, 3.05) is 11.9 Å². The SMILES string of the molecule is CC(=O)NCc1ccc2c(c1)NCCC2. The summed E-state index contributed by atoms with van der Waals surface area (Å²) in [4.78, 5) is 10.8. The number of amides is 1. The van der Waals surface area contributed by atoms with Crippen LogP contribution in [0.25, 0.3) is 0 Å². The average Bonchev–Trinajstić information content (AvgIpc) is 2.26. The number of carbonyl (C=O) groups is 1. The molecule has 0 aliphatic carbocycles. The summed E-state index contributed by atoms with van der Waals surface area (Å²) in [6.07, 6.45) is 2.36. The Labute approximate surface area is 89.9 Å². The Kier molecular flexibility index (Phi) is 2.90. The molecule has 0 atom stereocenters. The number of hydrogen-bond acceptors (Lipinski definition) is 2. The molecule has 1 aromatic rings. The minimum Gasteiger partial charge on any atom is -0.385 e. The summed E-state index contributed by atoms with van der Waals surface area (Å²) in [7, 11) is 0. The molecule has 2 N–H and O–H groups in total. The Morgan fingerprint density at radius 2 is 2.40 bits per heavy atom. The van der Waals surface area contributed by atoms with E-state index in [4.69, 9.17) is 0 Å². The molecule has 0 fully saturated rings. The average molecular weight is 204 g/mol. The Morgan fingerprint density at radius 3 is 3.20 bits per heavy atom. The normalized spacial score (nSPS) is 13.9. The molecular formula is C12H16N2O. The van der Waals surface area contributed by atoms with Crippen molar-refractivity contribution in [2.24, 2.45) is 0 Å². The van der Waals surface area contributed by atoms with Gasteiger partial charge in [-0.05, 0) is 30.0 Å². The zero-order chi connectivity index (χ0) is 10.7. The lowest BCUT2D eigenvalue weighted by atomic mass is 10.0. The zero-order valence-electron chi connectivity index (χ0n) is 8.97. The predicted octanol–water partition coefficient (Wildman–Crippen LogP) is 1.68. The standard InChI is InChI=1S/C12H16N2O/c1-9(15)14-8-10-4-5-11-3-2-6-13-12(11)7-10/h4-5,7,13H,2-3,6,8H2,1H3,(H,14,15). The summed E-state index contributed by atoms with van der Waals surface area (Å²) < 4.78 is 0. The number of nitrogens with one attached hydrogen (secondary N) is 2. The molecule has 0 radical (unpaired) electrons. The Bertz CT molecular complexity index is 374. The van der Waals surface area contributed by atoms with Crippen molar-refractivity contribution < 1.29 is 4.79 Å². The molecule has 0 saturated carbocycles. The van der Waals surface area contributed by atoms with Crippen LogP contribution in [0.4, 0.5) is 5.69 Å². The van der Waals surface area contributed by atoms with Crippen LogP contribution in [0, 0.1) is 0 Å². The predicted molar refractivity (Wildman–Crippen MR) is 60.8 cm³/mol. The highest BCUT2D eigenvalue weighted by Crippen LogP contribution is 2.22. The largest absolute Gasteiger partial charge is 0.385 e. The van der Waals surface area contributed by atoms with Crippen LogP contribution in [0.3, 0.4) is 0 Å². The first-order valence-electron chi connectivity index (χ1n) is 5.36. The van der Waals surface area contributed by atoms with Gasteiger partial charge in [-0.3, -0.25) is 4.79 Å². The lowest BCUT2D eigenvalue weighted by molar-refractivity contribution is -0.119. The number of carbonyl (C=O) groups excluding carboxylic acids is 1. The van der Waals surface area contributed by atoms with Crippen molar-refractivity contribution in [1.82, 2.24) is 5.32 Å². The van der Waals surface area contributed by atoms with E-state index >= 15 is 0 Å². The van der Waals surface area contributed by atoms with Crippen molar-refractivity contribution in [3.63, 3.8) is 0 Å². The van der Waals surface area contributed by atoms with Crippen LogP contribution in [-0.4, -0.2) is 12.5 Å². The Balaban J connectivity index is 2.10.